The Morgan fingerprint density at radius 1 is 1.39 bits per heavy atom. The molecule has 2 heterocycles. The summed E-state index contributed by atoms with van der Waals surface area (Å²) < 4.78 is 1.94. The summed E-state index contributed by atoms with van der Waals surface area (Å²) in [6.45, 7) is 8.78. The topological polar surface area (TPSA) is 79.8 Å². The van der Waals surface area contributed by atoms with Gasteiger partial charge in [0.1, 0.15) is 0 Å². The van der Waals surface area contributed by atoms with Gasteiger partial charge in [0.2, 0.25) is 5.56 Å². The number of aromatic nitrogens is 3. The van der Waals surface area contributed by atoms with E-state index in [1.165, 1.54) is 6.07 Å². The molecule has 23 heavy (non-hydrogen) atoms. The van der Waals surface area contributed by atoms with E-state index in [-0.39, 0.29) is 22.9 Å². The summed E-state index contributed by atoms with van der Waals surface area (Å²) in [5.74, 6) is -0.231. The van der Waals surface area contributed by atoms with Gasteiger partial charge in [0, 0.05) is 36.3 Å². The van der Waals surface area contributed by atoms with Crippen molar-refractivity contribution in [3.63, 3.8) is 0 Å². The van der Waals surface area contributed by atoms with Crippen LogP contribution in [-0.4, -0.2) is 26.5 Å². The number of H-pyrrole nitrogens is 1. The molecule has 0 unspecified atom stereocenters. The van der Waals surface area contributed by atoms with Crippen LogP contribution < -0.4 is 10.9 Å². The van der Waals surface area contributed by atoms with E-state index < -0.39 is 0 Å². The van der Waals surface area contributed by atoms with E-state index in [1.807, 2.05) is 17.7 Å². The molecule has 0 bridgehead atoms. The van der Waals surface area contributed by atoms with Crippen LogP contribution in [0, 0.1) is 5.41 Å². The molecule has 6 nitrogen and oxygen atoms in total. The first kappa shape index (κ1) is 17.0. The number of amides is 1. The van der Waals surface area contributed by atoms with Crippen molar-refractivity contribution in [1.82, 2.24) is 19.9 Å². The number of aryl methyl sites for hydroxylation is 1. The van der Waals surface area contributed by atoms with E-state index in [4.69, 9.17) is 0 Å². The zero-order valence-electron chi connectivity index (χ0n) is 14.1. The molecule has 0 aliphatic heterocycles. The largest absolute Gasteiger partial charge is 0.347 e. The van der Waals surface area contributed by atoms with Crippen LogP contribution in [0.15, 0.2) is 35.6 Å². The van der Waals surface area contributed by atoms with Crippen LogP contribution in [0.3, 0.4) is 0 Å². The normalized spacial score (nSPS) is 12.9. The Morgan fingerprint density at radius 3 is 2.70 bits per heavy atom. The summed E-state index contributed by atoms with van der Waals surface area (Å²) in [6, 6.07) is 2.98. The van der Waals surface area contributed by atoms with Crippen LogP contribution in [0.1, 0.15) is 43.7 Å². The van der Waals surface area contributed by atoms with Gasteiger partial charge >= 0.3 is 0 Å². The third kappa shape index (κ3) is 4.55. The van der Waals surface area contributed by atoms with Crippen LogP contribution in [0.25, 0.3) is 0 Å². The Balaban J connectivity index is 2.20. The number of carbonyl (C=O) groups is 1. The van der Waals surface area contributed by atoms with E-state index >= 15 is 0 Å². The molecule has 0 saturated carbocycles. The molecule has 0 aromatic carbocycles. The van der Waals surface area contributed by atoms with Gasteiger partial charge in [-0.1, -0.05) is 27.7 Å². The maximum absolute atomic E-state index is 12.6. The molecule has 0 aliphatic rings. The highest BCUT2D eigenvalue weighted by molar-refractivity contribution is 5.94. The predicted molar refractivity (Wildman–Crippen MR) is 89.4 cm³/mol. The lowest BCUT2D eigenvalue weighted by atomic mass is 9.86. The maximum Gasteiger partial charge on any atom is 0.251 e. The first-order valence-corrected chi connectivity index (χ1v) is 7.79. The summed E-state index contributed by atoms with van der Waals surface area (Å²) in [5, 5.41) is 3.05. The summed E-state index contributed by atoms with van der Waals surface area (Å²) in [5.41, 5.74) is 0.765. The SMILES string of the molecule is CCc1cc(C(=O)N[C@H](Cn2ccnc2)C(C)(C)C)cc(=O)[nH]1. The zero-order valence-corrected chi connectivity index (χ0v) is 14.1. The van der Waals surface area contributed by atoms with Crippen molar-refractivity contribution in [1.29, 1.82) is 0 Å². The summed E-state index contributed by atoms with van der Waals surface area (Å²) >= 11 is 0. The number of nitrogens with zero attached hydrogens (tertiary/aromatic N) is 2. The first-order chi connectivity index (χ1) is 10.8. The number of carbonyl (C=O) groups excluding carboxylic acids is 1. The standard InChI is InChI=1S/C17H24N4O2/c1-5-13-8-12(9-15(22)19-13)16(23)20-14(17(2,3)4)10-21-7-6-18-11-21/h6-9,11,14H,5,10H2,1-4H3,(H,19,22)(H,20,23)/t14-/m1/s1. The number of aromatic amines is 1. The van der Waals surface area contributed by atoms with Crippen molar-refractivity contribution in [3.8, 4) is 0 Å². The van der Waals surface area contributed by atoms with Crippen molar-refractivity contribution in [2.75, 3.05) is 0 Å². The lowest BCUT2D eigenvalue weighted by Crippen LogP contribution is -2.46. The lowest BCUT2D eigenvalue weighted by Gasteiger charge is -2.31. The predicted octanol–water partition coefficient (Wildman–Crippen LogP) is 1.98. The van der Waals surface area contributed by atoms with E-state index in [1.54, 1.807) is 18.6 Å². The van der Waals surface area contributed by atoms with Gasteiger partial charge in [-0.05, 0) is 17.9 Å². The van der Waals surface area contributed by atoms with Crippen LogP contribution in [0.5, 0.6) is 0 Å². The highest BCUT2D eigenvalue weighted by atomic mass is 16.2. The fraction of sp³-hybridized carbons (Fsp3) is 0.471. The summed E-state index contributed by atoms with van der Waals surface area (Å²) in [4.78, 5) is 31.0. The molecule has 0 spiro atoms. The highest BCUT2D eigenvalue weighted by Gasteiger charge is 2.27. The number of hydrogen-bond donors (Lipinski definition) is 2. The van der Waals surface area contributed by atoms with Gasteiger partial charge in [0.05, 0.1) is 12.4 Å². The Hall–Kier alpha value is -2.37. The number of pyridine rings is 1. The Morgan fingerprint density at radius 2 is 2.13 bits per heavy atom. The minimum atomic E-state index is -0.253. The van der Waals surface area contributed by atoms with Gasteiger partial charge in [0.25, 0.3) is 5.91 Å². The molecule has 0 aliphatic carbocycles. The average molecular weight is 316 g/mol. The van der Waals surface area contributed by atoms with Crippen LogP contribution >= 0.6 is 0 Å². The minimum absolute atomic E-state index is 0.0893. The quantitative estimate of drug-likeness (QED) is 0.885. The van der Waals surface area contributed by atoms with E-state index in [2.05, 4.69) is 36.1 Å². The monoisotopic (exact) mass is 316 g/mol. The van der Waals surface area contributed by atoms with Crippen LogP contribution in [0.4, 0.5) is 0 Å². The number of rotatable bonds is 5. The van der Waals surface area contributed by atoms with Crippen molar-refractivity contribution < 1.29 is 4.79 Å². The number of imidazole rings is 1. The second-order valence-electron chi connectivity index (χ2n) is 6.76. The van der Waals surface area contributed by atoms with Crippen molar-refractivity contribution in [2.24, 2.45) is 5.41 Å². The molecular weight excluding hydrogens is 292 g/mol. The fourth-order valence-corrected chi connectivity index (χ4v) is 2.31. The lowest BCUT2D eigenvalue weighted by molar-refractivity contribution is 0.0892. The Labute approximate surface area is 136 Å². The molecule has 6 heteroatoms. The van der Waals surface area contributed by atoms with Crippen LogP contribution in [0.2, 0.25) is 0 Å². The second-order valence-corrected chi connectivity index (χ2v) is 6.76. The summed E-state index contributed by atoms with van der Waals surface area (Å²) in [6.07, 6.45) is 5.99. The van der Waals surface area contributed by atoms with E-state index in [0.29, 0.717) is 18.5 Å². The Bertz CT molecular complexity index is 711. The van der Waals surface area contributed by atoms with E-state index in [0.717, 1.165) is 5.69 Å². The third-order valence-corrected chi connectivity index (χ3v) is 3.85. The molecule has 2 rings (SSSR count). The smallest absolute Gasteiger partial charge is 0.251 e. The molecule has 2 N–H and O–H groups in total. The molecule has 2 aromatic rings. The molecule has 2 aromatic heterocycles. The van der Waals surface area contributed by atoms with Gasteiger partial charge in [-0.15, -0.1) is 0 Å². The van der Waals surface area contributed by atoms with Gasteiger partial charge in [-0.25, -0.2) is 4.98 Å². The molecule has 1 amide bonds. The van der Waals surface area contributed by atoms with E-state index in [9.17, 15) is 9.59 Å². The molecule has 0 fully saturated rings. The molecule has 1 atom stereocenters. The number of nitrogens with one attached hydrogen (secondary N) is 2. The van der Waals surface area contributed by atoms with Gasteiger partial charge in [0.15, 0.2) is 0 Å². The van der Waals surface area contributed by atoms with Crippen molar-refractivity contribution in [2.45, 2.75) is 46.7 Å². The minimum Gasteiger partial charge on any atom is -0.347 e. The molecule has 0 saturated heterocycles. The first-order valence-electron chi connectivity index (χ1n) is 7.79. The van der Waals surface area contributed by atoms with Gasteiger partial charge in [-0.2, -0.15) is 0 Å². The van der Waals surface area contributed by atoms with Gasteiger partial charge in [-0.3, -0.25) is 9.59 Å². The number of hydrogen-bond acceptors (Lipinski definition) is 3. The molecule has 0 radical (unpaired) electrons. The zero-order chi connectivity index (χ0) is 17.0. The molecular formula is C17H24N4O2. The third-order valence-electron chi connectivity index (χ3n) is 3.85. The van der Waals surface area contributed by atoms with Crippen molar-refractivity contribution in [3.05, 3.63) is 52.5 Å². The highest BCUT2D eigenvalue weighted by Crippen LogP contribution is 2.21. The second kappa shape index (κ2) is 6.81. The van der Waals surface area contributed by atoms with Crippen LogP contribution in [-0.2, 0) is 13.0 Å². The fourth-order valence-electron chi connectivity index (χ4n) is 2.31. The Kier molecular flexibility index (Phi) is 5.03. The van der Waals surface area contributed by atoms with Crippen molar-refractivity contribution >= 4 is 5.91 Å². The average Bonchev–Trinajstić information content (AvgIpc) is 2.97. The van der Waals surface area contributed by atoms with Gasteiger partial charge < -0.3 is 14.9 Å². The summed E-state index contributed by atoms with van der Waals surface area (Å²) in [7, 11) is 0. The molecule has 124 valence electrons. The maximum atomic E-state index is 12.6.